The Kier molecular flexibility index (Phi) is 5.51. The predicted octanol–water partition coefficient (Wildman–Crippen LogP) is 2.72. The summed E-state index contributed by atoms with van der Waals surface area (Å²) in [5.41, 5.74) is 1.67. The molecule has 5 nitrogen and oxygen atoms in total. The highest BCUT2D eigenvalue weighted by atomic mass is 32.2. The van der Waals surface area contributed by atoms with Gasteiger partial charge in [0.2, 0.25) is 10.0 Å². The number of hydrogen-bond acceptors (Lipinski definition) is 4. The molecule has 1 N–H and O–H groups in total. The quantitative estimate of drug-likeness (QED) is 0.852. The van der Waals surface area contributed by atoms with Crippen LogP contribution in [0.4, 0.5) is 5.69 Å². The van der Waals surface area contributed by atoms with Crippen LogP contribution in [0.3, 0.4) is 0 Å². The second kappa shape index (κ2) is 7.38. The fraction of sp³-hybridized carbons (Fsp3) is 0.312. The molecule has 2 rings (SSSR count). The van der Waals surface area contributed by atoms with Crippen LogP contribution in [0.5, 0.6) is 0 Å². The summed E-state index contributed by atoms with van der Waals surface area (Å²) >= 11 is 0. The number of sulfonamides is 1. The first-order chi connectivity index (χ1) is 10.6. The van der Waals surface area contributed by atoms with E-state index in [9.17, 15) is 8.42 Å². The molecule has 0 bridgehead atoms. The Morgan fingerprint density at radius 1 is 1.14 bits per heavy atom. The molecule has 0 aliphatic heterocycles. The number of aromatic nitrogens is 1. The monoisotopic (exact) mass is 319 g/mol. The first-order valence-electron chi connectivity index (χ1n) is 7.31. The highest BCUT2D eigenvalue weighted by Gasteiger charge is 2.23. The largest absolute Gasteiger partial charge is 0.384 e. The van der Waals surface area contributed by atoms with Crippen molar-refractivity contribution >= 4 is 15.7 Å². The van der Waals surface area contributed by atoms with Crippen LogP contribution in [-0.2, 0) is 16.6 Å². The molecular weight excluding hydrogens is 298 g/mol. The van der Waals surface area contributed by atoms with E-state index in [1.807, 2.05) is 44.2 Å². The Morgan fingerprint density at radius 3 is 2.50 bits per heavy atom. The van der Waals surface area contributed by atoms with Gasteiger partial charge in [0.15, 0.2) is 0 Å². The number of rotatable bonds is 7. The van der Waals surface area contributed by atoms with Crippen LogP contribution in [0.2, 0.25) is 0 Å². The molecule has 22 heavy (non-hydrogen) atoms. The maximum atomic E-state index is 12.8. The molecule has 2 aromatic rings. The molecule has 0 aliphatic carbocycles. The molecule has 0 aliphatic rings. The standard InChI is InChI=1S/C16H21N3O2S/c1-3-18-15-10-16(12-17-11-15)22(20,21)19(4-2)13-14-8-6-5-7-9-14/h5-12,18H,3-4,13H2,1-2H3. The minimum Gasteiger partial charge on any atom is -0.384 e. The van der Waals surface area contributed by atoms with Gasteiger partial charge >= 0.3 is 0 Å². The van der Waals surface area contributed by atoms with Crippen molar-refractivity contribution in [2.24, 2.45) is 0 Å². The highest BCUT2D eigenvalue weighted by Crippen LogP contribution is 2.20. The molecule has 6 heteroatoms. The summed E-state index contributed by atoms with van der Waals surface area (Å²) in [6, 6.07) is 11.2. The summed E-state index contributed by atoms with van der Waals surface area (Å²) in [6.45, 7) is 5.26. The van der Waals surface area contributed by atoms with Crippen molar-refractivity contribution in [3.63, 3.8) is 0 Å². The SMILES string of the molecule is CCNc1cncc(S(=O)(=O)N(CC)Cc2ccccc2)c1. The average Bonchev–Trinajstić information content (AvgIpc) is 2.54. The van der Waals surface area contributed by atoms with Crippen LogP contribution in [0.1, 0.15) is 19.4 Å². The third kappa shape index (κ3) is 3.84. The van der Waals surface area contributed by atoms with Gasteiger partial charge in [-0.25, -0.2) is 8.42 Å². The number of nitrogens with one attached hydrogen (secondary N) is 1. The van der Waals surface area contributed by atoms with Gasteiger partial charge in [-0.1, -0.05) is 37.3 Å². The zero-order chi connectivity index (χ0) is 16.0. The van der Waals surface area contributed by atoms with E-state index >= 15 is 0 Å². The van der Waals surface area contributed by atoms with E-state index in [1.165, 1.54) is 10.5 Å². The van der Waals surface area contributed by atoms with Crippen LogP contribution in [0.25, 0.3) is 0 Å². The predicted molar refractivity (Wildman–Crippen MR) is 88.1 cm³/mol. The number of pyridine rings is 1. The van der Waals surface area contributed by atoms with Crippen LogP contribution >= 0.6 is 0 Å². The van der Waals surface area contributed by atoms with E-state index in [0.29, 0.717) is 25.3 Å². The lowest BCUT2D eigenvalue weighted by atomic mass is 10.2. The van der Waals surface area contributed by atoms with Crippen molar-refractivity contribution in [2.45, 2.75) is 25.3 Å². The van der Waals surface area contributed by atoms with Crippen molar-refractivity contribution in [3.8, 4) is 0 Å². The molecule has 0 amide bonds. The number of anilines is 1. The molecule has 1 aromatic heterocycles. The second-order valence-electron chi connectivity index (χ2n) is 4.86. The van der Waals surface area contributed by atoms with Crippen molar-refractivity contribution in [2.75, 3.05) is 18.4 Å². The smallest absolute Gasteiger partial charge is 0.244 e. The molecule has 0 saturated carbocycles. The summed E-state index contributed by atoms with van der Waals surface area (Å²) < 4.78 is 27.0. The topological polar surface area (TPSA) is 62.3 Å². The Balaban J connectivity index is 2.28. The van der Waals surface area contributed by atoms with E-state index in [1.54, 1.807) is 12.3 Å². The molecule has 118 valence electrons. The lowest BCUT2D eigenvalue weighted by molar-refractivity contribution is 0.423. The van der Waals surface area contributed by atoms with Crippen molar-refractivity contribution < 1.29 is 8.42 Å². The number of hydrogen-bond donors (Lipinski definition) is 1. The molecule has 0 unspecified atom stereocenters. The Labute approximate surface area is 132 Å². The molecular formula is C16H21N3O2S. The third-order valence-electron chi connectivity index (χ3n) is 3.29. The van der Waals surface area contributed by atoms with Crippen LogP contribution < -0.4 is 5.32 Å². The van der Waals surface area contributed by atoms with E-state index in [2.05, 4.69) is 10.3 Å². The summed E-state index contributed by atoms with van der Waals surface area (Å²) in [5.74, 6) is 0. The fourth-order valence-corrected chi connectivity index (χ4v) is 3.59. The molecule has 0 atom stereocenters. The van der Waals surface area contributed by atoms with Crippen molar-refractivity contribution in [1.82, 2.24) is 9.29 Å². The Bertz CT molecular complexity index is 702. The van der Waals surface area contributed by atoms with Gasteiger partial charge in [-0.15, -0.1) is 0 Å². The van der Waals surface area contributed by atoms with Gasteiger partial charge in [0.05, 0.1) is 11.9 Å². The van der Waals surface area contributed by atoms with E-state index < -0.39 is 10.0 Å². The number of benzene rings is 1. The first-order valence-corrected chi connectivity index (χ1v) is 8.75. The lowest BCUT2D eigenvalue weighted by Gasteiger charge is -2.20. The van der Waals surface area contributed by atoms with Crippen molar-refractivity contribution in [1.29, 1.82) is 0 Å². The lowest BCUT2D eigenvalue weighted by Crippen LogP contribution is -2.30. The normalized spacial score (nSPS) is 11.6. The third-order valence-corrected chi connectivity index (χ3v) is 5.17. The van der Waals surface area contributed by atoms with Gasteiger partial charge in [0, 0.05) is 25.8 Å². The van der Waals surface area contributed by atoms with Crippen LogP contribution in [-0.4, -0.2) is 30.8 Å². The zero-order valence-electron chi connectivity index (χ0n) is 12.9. The molecule has 0 fully saturated rings. The summed E-state index contributed by atoms with van der Waals surface area (Å²) in [4.78, 5) is 4.24. The molecule has 0 radical (unpaired) electrons. The minimum atomic E-state index is -3.56. The van der Waals surface area contributed by atoms with Gasteiger partial charge in [-0.3, -0.25) is 4.98 Å². The summed E-state index contributed by atoms with van der Waals surface area (Å²) in [6.07, 6.45) is 3.01. The Hall–Kier alpha value is -1.92. The second-order valence-corrected chi connectivity index (χ2v) is 6.79. The molecule has 0 spiro atoms. The zero-order valence-corrected chi connectivity index (χ0v) is 13.7. The van der Waals surface area contributed by atoms with E-state index in [4.69, 9.17) is 0 Å². The Morgan fingerprint density at radius 2 is 1.86 bits per heavy atom. The fourth-order valence-electron chi connectivity index (χ4n) is 2.16. The van der Waals surface area contributed by atoms with Gasteiger partial charge in [0.25, 0.3) is 0 Å². The van der Waals surface area contributed by atoms with E-state index in [0.717, 1.165) is 5.56 Å². The summed E-state index contributed by atoms with van der Waals surface area (Å²) in [7, 11) is -3.56. The van der Waals surface area contributed by atoms with Crippen LogP contribution in [0.15, 0.2) is 53.7 Å². The first kappa shape index (κ1) is 16.5. The summed E-state index contributed by atoms with van der Waals surface area (Å²) in [5, 5.41) is 3.08. The van der Waals surface area contributed by atoms with Crippen LogP contribution in [0, 0.1) is 0 Å². The van der Waals surface area contributed by atoms with Gasteiger partial charge in [-0.05, 0) is 18.6 Å². The highest BCUT2D eigenvalue weighted by molar-refractivity contribution is 7.89. The van der Waals surface area contributed by atoms with E-state index in [-0.39, 0.29) is 4.90 Å². The maximum Gasteiger partial charge on any atom is 0.244 e. The molecule has 0 saturated heterocycles. The van der Waals surface area contributed by atoms with Gasteiger partial charge < -0.3 is 5.32 Å². The number of nitrogens with zero attached hydrogens (tertiary/aromatic N) is 2. The van der Waals surface area contributed by atoms with Crippen molar-refractivity contribution in [3.05, 3.63) is 54.4 Å². The maximum absolute atomic E-state index is 12.8. The van der Waals surface area contributed by atoms with Gasteiger partial charge in [0.1, 0.15) is 4.90 Å². The van der Waals surface area contributed by atoms with Gasteiger partial charge in [-0.2, -0.15) is 4.31 Å². The average molecular weight is 319 g/mol. The minimum absolute atomic E-state index is 0.212. The molecule has 1 aromatic carbocycles. The molecule has 1 heterocycles.